The second-order valence-electron chi connectivity index (χ2n) is 5.07. The molecule has 3 heteroatoms. The normalized spacial score (nSPS) is 28.1. The minimum absolute atomic E-state index is 0.0902. The van der Waals surface area contributed by atoms with Crippen molar-refractivity contribution in [2.24, 2.45) is 0 Å². The summed E-state index contributed by atoms with van der Waals surface area (Å²) in [4.78, 5) is 0. The van der Waals surface area contributed by atoms with E-state index >= 15 is 0 Å². The SMILES string of the molecule is CCOc1ccccc1C1CNC(C)(CC)CO1. The van der Waals surface area contributed by atoms with Gasteiger partial charge in [-0.05, 0) is 26.3 Å². The summed E-state index contributed by atoms with van der Waals surface area (Å²) in [6.07, 6.45) is 1.17. The third-order valence-electron chi connectivity index (χ3n) is 3.66. The molecule has 0 aliphatic carbocycles. The maximum atomic E-state index is 6.02. The number of para-hydroxylation sites is 1. The van der Waals surface area contributed by atoms with Crippen LogP contribution < -0.4 is 10.1 Å². The molecule has 1 aliphatic rings. The number of benzene rings is 1. The standard InChI is InChI=1S/C15H23NO2/c1-4-15(3)11-18-14(10-16-15)12-8-6-7-9-13(12)17-5-2/h6-9,14,16H,4-5,10-11H2,1-3H3. The van der Waals surface area contributed by atoms with Crippen LogP contribution in [0.2, 0.25) is 0 Å². The van der Waals surface area contributed by atoms with E-state index in [2.05, 4.69) is 25.2 Å². The van der Waals surface area contributed by atoms with Gasteiger partial charge in [-0.2, -0.15) is 0 Å². The Kier molecular flexibility index (Phi) is 4.25. The quantitative estimate of drug-likeness (QED) is 0.890. The van der Waals surface area contributed by atoms with Gasteiger partial charge in [0.15, 0.2) is 0 Å². The van der Waals surface area contributed by atoms with E-state index in [4.69, 9.17) is 9.47 Å². The molecule has 1 aliphatic heterocycles. The molecular weight excluding hydrogens is 226 g/mol. The first-order valence-corrected chi connectivity index (χ1v) is 6.77. The summed E-state index contributed by atoms with van der Waals surface area (Å²) in [6.45, 7) is 8.67. The number of rotatable bonds is 4. The first kappa shape index (κ1) is 13.4. The number of ether oxygens (including phenoxy) is 2. The summed E-state index contributed by atoms with van der Waals surface area (Å²) in [5.74, 6) is 0.937. The molecule has 1 heterocycles. The second kappa shape index (κ2) is 5.72. The number of hydrogen-bond donors (Lipinski definition) is 1. The highest BCUT2D eigenvalue weighted by Crippen LogP contribution is 2.31. The highest BCUT2D eigenvalue weighted by Gasteiger charge is 2.31. The number of morpholine rings is 1. The van der Waals surface area contributed by atoms with Crippen LogP contribution in [0.1, 0.15) is 38.9 Å². The fourth-order valence-corrected chi connectivity index (χ4v) is 2.19. The van der Waals surface area contributed by atoms with Gasteiger partial charge in [-0.3, -0.25) is 0 Å². The maximum Gasteiger partial charge on any atom is 0.125 e. The van der Waals surface area contributed by atoms with Gasteiger partial charge in [0.1, 0.15) is 5.75 Å². The average Bonchev–Trinajstić information content (AvgIpc) is 2.41. The highest BCUT2D eigenvalue weighted by molar-refractivity contribution is 5.35. The van der Waals surface area contributed by atoms with Gasteiger partial charge in [-0.25, -0.2) is 0 Å². The smallest absolute Gasteiger partial charge is 0.125 e. The first-order chi connectivity index (χ1) is 8.68. The van der Waals surface area contributed by atoms with E-state index in [9.17, 15) is 0 Å². The lowest BCUT2D eigenvalue weighted by Gasteiger charge is -2.38. The van der Waals surface area contributed by atoms with Gasteiger partial charge in [0, 0.05) is 17.6 Å². The van der Waals surface area contributed by atoms with E-state index < -0.39 is 0 Å². The molecule has 3 nitrogen and oxygen atoms in total. The second-order valence-corrected chi connectivity index (χ2v) is 5.07. The zero-order valence-electron chi connectivity index (χ0n) is 11.5. The van der Waals surface area contributed by atoms with E-state index in [0.717, 1.165) is 30.9 Å². The lowest BCUT2D eigenvalue weighted by Crippen LogP contribution is -2.52. The Morgan fingerprint density at radius 2 is 2.17 bits per heavy atom. The summed E-state index contributed by atoms with van der Waals surface area (Å²) in [7, 11) is 0. The van der Waals surface area contributed by atoms with Gasteiger partial charge < -0.3 is 14.8 Å². The maximum absolute atomic E-state index is 6.02. The van der Waals surface area contributed by atoms with Crippen LogP contribution in [0.15, 0.2) is 24.3 Å². The number of hydrogen-bond acceptors (Lipinski definition) is 3. The fourth-order valence-electron chi connectivity index (χ4n) is 2.19. The molecule has 0 saturated carbocycles. The number of nitrogens with one attached hydrogen (secondary N) is 1. The summed E-state index contributed by atoms with van der Waals surface area (Å²) >= 11 is 0. The van der Waals surface area contributed by atoms with E-state index in [1.807, 2.05) is 25.1 Å². The van der Waals surface area contributed by atoms with Crippen molar-refractivity contribution in [3.63, 3.8) is 0 Å². The third kappa shape index (κ3) is 2.85. The largest absolute Gasteiger partial charge is 0.493 e. The lowest BCUT2D eigenvalue weighted by atomic mass is 9.96. The predicted molar refractivity (Wildman–Crippen MR) is 73.0 cm³/mol. The summed E-state index contributed by atoms with van der Waals surface area (Å²) in [5.41, 5.74) is 1.25. The molecule has 1 aromatic carbocycles. The molecule has 0 bridgehead atoms. The van der Waals surface area contributed by atoms with Crippen LogP contribution in [-0.4, -0.2) is 25.3 Å². The van der Waals surface area contributed by atoms with Gasteiger partial charge in [-0.15, -0.1) is 0 Å². The molecule has 1 N–H and O–H groups in total. The Morgan fingerprint density at radius 1 is 1.39 bits per heavy atom. The van der Waals surface area contributed by atoms with Gasteiger partial charge in [0.05, 0.1) is 19.3 Å². The van der Waals surface area contributed by atoms with E-state index in [1.165, 1.54) is 0 Å². The van der Waals surface area contributed by atoms with Crippen LogP contribution in [0.25, 0.3) is 0 Å². The van der Waals surface area contributed by atoms with Crippen molar-refractivity contribution in [2.45, 2.75) is 38.8 Å². The molecule has 2 rings (SSSR count). The molecule has 1 aromatic rings. The summed E-state index contributed by atoms with van der Waals surface area (Å²) < 4.78 is 11.7. The molecule has 100 valence electrons. The van der Waals surface area contributed by atoms with Crippen LogP contribution in [0, 0.1) is 0 Å². The summed E-state index contributed by atoms with van der Waals surface area (Å²) in [5, 5.41) is 3.58. The van der Waals surface area contributed by atoms with Gasteiger partial charge in [-0.1, -0.05) is 25.1 Å². The third-order valence-corrected chi connectivity index (χ3v) is 3.66. The van der Waals surface area contributed by atoms with Gasteiger partial charge in [0.25, 0.3) is 0 Å². The van der Waals surface area contributed by atoms with Crippen molar-refractivity contribution >= 4 is 0 Å². The Balaban J connectivity index is 2.09. The van der Waals surface area contributed by atoms with E-state index in [0.29, 0.717) is 6.61 Å². The Bertz CT molecular complexity index is 384. The minimum Gasteiger partial charge on any atom is -0.493 e. The molecule has 1 fully saturated rings. The molecule has 0 aromatic heterocycles. The van der Waals surface area contributed by atoms with E-state index in [1.54, 1.807) is 0 Å². The van der Waals surface area contributed by atoms with Crippen molar-refractivity contribution in [1.29, 1.82) is 0 Å². The first-order valence-electron chi connectivity index (χ1n) is 6.77. The average molecular weight is 249 g/mol. The summed E-state index contributed by atoms with van der Waals surface area (Å²) in [6, 6.07) is 8.14. The monoisotopic (exact) mass is 249 g/mol. The van der Waals surface area contributed by atoms with Crippen molar-refractivity contribution < 1.29 is 9.47 Å². The van der Waals surface area contributed by atoms with Crippen LogP contribution in [0.4, 0.5) is 0 Å². The molecule has 0 amide bonds. The van der Waals surface area contributed by atoms with E-state index in [-0.39, 0.29) is 11.6 Å². The van der Waals surface area contributed by atoms with Crippen LogP contribution in [0.3, 0.4) is 0 Å². The van der Waals surface area contributed by atoms with Crippen molar-refractivity contribution in [1.82, 2.24) is 5.32 Å². The zero-order valence-corrected chi connectivity index (χ0v) is 11.5. The minimum atomic E-state index is 0.0902. The van der Waals surface area contributed by atoms with Crippen LogP contribution in [0.5, 0.6) is 5.75 Å². The predicted octanol–water partition coefficient (Wildman–Crippen LogP) is 2.91. The molecule has 0 radical (unpaired) electrons. The van der Waals surface area contributed by atoms with Crippen molar-refractivity contribution in [3.05, 3.63) is 29.8 Å². The topological polar surface area (TPSA) is 30.5 Å². The van der Waals surface area contributed by atoms with Crippen molar-refractivity contribution in [3.8, 4) is 5.75 Å². The Morgan fingerprint density at radius 3 is 2.78 bits per heavy atom. The van der Waals surface area contributed by atoms with Gasteiger partial charge >= 0.3 is 0 Å². The molecule has 2 atom stereocenters. The van der Waals surface area contributed by atoms with Crippen molar-refractivity contribution in [2.75, 3.05) is 19.8 Å². The molecule has 2 unspecified atom stereocenters. The Hall–Kier alpha value is -1.06. The van der Waals surface area contributed by atoms with Crippen LogP contribution in [-0.2, 0) is 4.74 Å². The zero-order chi connectivity index (χ0) is 13.0. The molecule has 1 saturated heterocycles. The molecule has 18 heavy (non-hydrogen) atoms. The molecule has 0 spiro atoms. The Labute approximate surface area is 109 Å². The highest BCUT2D eigenvalue weighted by atomic mass is 16.5. The molecular formula is C15H23NO2. The van der Waals surface area contributed by atoms with Gasteiger partial charge in [0.2, 0.25) is 0 Å². The fraction of sp³-hybridized carbons (Fsp3) is 0.600. The van der Waals surface area contributed by atoms with Crippen LogP contribution >= 0.6 is 0 Å². The lowest BCUT2D eigenvalue weighted by molar-refractivity contribution is -0.0309.